The number of H-pyrrole nitrogens is 1. The van der Waals surface area contributed by atoms with Crippen LogP contribution in [0.1, 0.15) is 23.2 Å². The van der Waals surface area contributed by atoms with Gasteiger partial charge in [0, 0.05) is 44.5 Å². The first kappa shape index (κ1) is 20.4. The molecule has 9 heteroatoms. The molecule has 4 rings (SSSR count). The average molecular weight is 423 g/mol. The van der Waals surface area contributed by atoms with Gasteiger partial charge in [-0.1, -0.05) is 18.2 Å². The molecule has 4 N–H and O–H groups in total. The Kier molecular flexibility index (Phi) is 5.83. The third-order valence-corrected chi connectivity index (χ3v) is 5.19. The number of halogens is 1. The number of rotatable bonds is 6. The summed E-state index contributed by atoms with van der Waals surface area (Å²) in [7, 11) is 0. The number of nitrogens with zero attached hydrogens (tertiary/aromatic N) is 2. The van der Waals surface area contributed by atoms with E-state index in [9.17, 15) is 14.0 Å². The Morgan fingerprint density at radius 2 is 2.00 bits per heavy atom. The number of ketones is 1. The fraction of sp³-hybridized carbons (Fsp3) is 0.227. The number of pyridine rings is 1. The number of para-hydroxylation sites is 1. The zero-order valence-corrected chi connectivity index (χ0v) is 16.7. The van der Waals surface area contributed by atoms with Crippen LogP contribution in [0.5, 0.6) is 5.75 Å². The fourth-order valence-electron chi connectivity index (χ4n) is 3.65. The highest BCUT2D eigenvalue weighted by molar-refractivity contribution is 6.45. The number of aromatic nitrogens is 2. The number of benzene rings is 1. The van der Waals surface area contributed by atoms with Crippen LogP contribution >= 0.6 is 0 Å². The number of aromatic amines is 1. The SMILES string of the molecule is N/C=C\Nc1ncc(F)c2c(C(=O)C(=O)N3CCC(Oc4ccccc4)CC3)c[nH]c12. The van der Waals surface area contributed by atoms with Crippen LogP contribution in [-0.2, 0) is 4.79 Å². The summed E-state index contributed by atoms with van der Waals surface area (Å²) < 4.78 is 20.4. The second-order valence-electron chi connectivity index (χ2n) is 7.16. The molecular weight excluding hydrogens is 401 g/mol. The molecule has 3 heterocycles. The lowest BCUT2D eigenvalue weighted by molar-refractivity contribution is -0.128. The van der Waals surface area contributed by atoms with E-state index in [1.807, 2.05) is 30.3 Å². The number of hydrogen-bond acceptors (Lipinski definition) is 6. The molecule has 1 aliphatic heterocycles. The molecule has 1 aliphatic rings. The predicted octanol–water partition coefficient (Wildman–Crippen LogP) is 2.80. The van der Waals surface area contributed by atoms with Gasteiger partial charge in [0.25, 0.3) is 11.7 Å². The van der Waals surface area contributed by atoms with Crippen LogP contribution in [-0.4, -0.2) is 45.8 Å². The summed E-state index contributed by atoms with van der Waals surface area (Å²) in [4.78, 5) is 34.0. The quantitative estimate of drug-likeness (QED) is 0.415. The topological polar surface area (TPSA) is 113 Å². The van der Waals surface area contributed by atoms with Gasteiger partial charge in [0.05, 0.1) is 22.7 Å². The highest BCUT2D eigenvalue weighted by Crippen LogP contribution is 2.27. The number of carbonyl (C=O) groups excluding carboxylic acids is 2. The molecule has 0 bridgehead atoms. The molecule has 8 nitrogen and oxygen atoms in total. The molecule has 0 saturated carbocycles. The number of Topliss-reactive ketones (excluding diaryl/α,β-unsaturated/α-hetero) is 1. The summed E-state index contributed by atoms with van der Waals surface area (Å²) in [6.07, 6.45) is 6.21. The van der Waals surface area contributed by atoms with Crippen molar-refractivity contribution in [2.45, 2.75) is 18.9 Å². The molecule has 0 atom stereocenters. The van der Waals surface area contributed by atoms with Crippen molar-refractivity contribution >= 4 is 28.4 Å². The van der Waals surface area contributed by atoms with Crippen molar-refractivity contribution in [2.24, 2.45) is 5.73 Å². The van der Waals surface area contributed by atoms with Crippen molar-refractivity contribution in [3.8, 4) is 5.75 Å². The van der Waals surface area contributed by atoms with Gasteiger partial charge in [-0.15, -0.1) is 0 Å². The molecule has 1 amide bonds. The third-order valence-electron chi connectivity index (χ3n) is 5.19. The number of likely N-dealkylation sites (tertiary alicyclic amines) is 1. The van der Waals surface area contributed by atoms with Crippen molar-refractivity contribution in [3.63, 3.8) is 0 Å². The number of piperidine rings is 1. The van der Waals surface area contributed by atoms with Gasteiger partial charge in [0.1, 0.15) is 11.9 Å². The van der Waals surface area contributed by atoms with E-state index < -0.39 is 17.5 Å². The van der Waals surface area contributed by atoms with Gasteiger partial charge in [-0.25, -0.2) is 9.37 Å². The fourth-order valence-corrected chi connectivity index (χ4v) is 3.65. The first-order chi connectivity index (χ1) is 15.1. The van der Waals surface area contributed by atoms with Crippen molar-refractivity contribution < 1.29 is 18.7 Å². The van der Waals surface area contributed by atoms with Gasteiger partial charge >= 0.3 is 0 Å². The zero-order valence-electron chi connectivity index (χ0n) is 16.7. The summed E-state index contributed by atoms with van der Waals surface area (Å²) in [6.45, 7) is 0.783. The maximum atomic E-state index is 14.5. The van der Waals surface area contributed by atoms with E-state index >= 15 is 0 Å². The standard InChI is InChI=1S/C22H22FN5O3/c23-17-13-27-21(25-9-8-24)19-18(17)16(12-26-19)20(29)22(30)28-10-6-15(7-11-28)31-14-4-2-1-3-5-14/h1-5,8-9,12-13,15,26H,6-7,10-11,24H2,(H,25,27)/b9-8-. The normalized spacial score (nSPS) is 14.8. The largest absolute Gasteiger partial charge is 0.490 e. The number of carbonyl (C=O) groups is 2. The van der Waals surface area contributed by atoms with Gasteiger partial charge in [-0.05, 0) is 12.1 Å². The molecule has 1 fully saturated rings. The number of anilines is 1. The summed E-state index contributed by atoms with van der Waals surface area (Å²) in [5.41, 5.74) is 5.57. The number of nitrogens with one attached hydrogen (secondary N) is 2. The van der Waals surface area contributed by atoms with E-state index in [1.165, 1.54) is 23.5 Å². The maximum Gasteiger partial charge on any atom is 0.295 e. The van der Waals surface area contributed by atoms with Crippen LogP contribution < -0.4 is 15.8 Å². The molecule has 31 heavy (non-hydrogen) atoms. The molecule has 0 spiro atoms. The third kappa shape index (κ3) is 4.20. The molecular formula is C22H22FN5O3. The van der Waals surface area contributed by atoms with Crippen molar-refractivity contribution in [1.29, 1.82) is 0 Å². The molecule has 1 aromatic carbocycles. The minimum absolute atomic E-state index is 0.0172. The monoisotopic (exact) mass is 423 g/mol. The Labute approximate surface area is 177 Å². The van der Waals surface area contributed by atoms with E-state index in [1.54, 1.807) is 0 Å². The van der Waals surface area contributed by atoms with Crippen molar-refractivity contribution in [1.82, 2.24) is 14.9 Å². The van der Waals surface area contributed by atoms with Gasteiger partial charge in [0.15, 0.2) is 11.6 Å². The Bertz CT molecular complexity index is 1120. The summed E-state index contributed by atoms with van der Waals surface area (Å²) >= 11 is 0. The van der Waals surface area contributed by atoms with E-state index in [4.69, 9.17) is 10.5 Å². The Hall–Kier alpha value is -3.88. The lowest BCUT2D eigenvalue weighted by Gasteiger charge is -2.31. The van der Waals surface area contributed by atoms with Crippen LogP contribution in [0.25, 0.3) is 10.9 Å². The molecule has 0 aliphatic carbocycles. The second kappa shape index (κ2) is 8.86. The molecule has 3 aromatic rings. The van der Waals surface area contributed by atoms with Crippen LogP contribution in [0.4, 0.5) is 10.2 Å². The van der Waals surface area contributed by atoms with Crippen LogP contribution in [0.3, 0.4) is 0 Å². The molecule has 0 radical (unpaired) electrons. The first-order valence-corrected chi connectivity index (χ1v) is 9.92. The maximum absolute atomic E-state index is 14.5. The average Bonchev–Trinajstić information content (AvgIpc) is 3.25. The lowest BCUT2D eigenvalue weighted by atomic mass is 10.0. The number of hydrogen-bond donors (Lipinski definition) is 3. The van der Waals surface area contributed by atoms with Crippen molar-refractivity contribution in [3.05, 3.63) is 66.5 Å². The number of fused-ring (bicyclic) bond motifs is 1. The summed E-state index contributed by atoms with van der Waals surface area (Å²) in [5, 5.41) is 2.82. The lowest BCUT2D eigenvalue weighted by Crippen LogP contribution is -2.44. The number of ether oxygens (including phenoxy) is 1. The Morgan fingerprint density at radius 1 is 1.26 bits per heavy atom. The number of nitrogens with two attached hydrogens (primary N) is 1. The van der Waals surface area contributed by atoms with E-state index in [0.29, 0.717) is 31.7 Å². The smallest absolute Gasteiger partial charge is 0.295 e. The first-order valence-electron chi connectivity index (χ1n) is 9.92. The van der Waals surface area contributed by atoms with Gasteiger partial charge in [-0.2, -0.15) is 0 Å². The molecule has 2 aromatic heterocycles. The summed E-state index contributed by atoms with van der Waals surface area (Å²) in [6, 6.07) is 9.48. The van der Waals surface area contributed by atoms with Gasteiger partial charge in [-0.3, -0.25) is 9.59 Å². The summed E-state index contributed by atoms with van der Waals surface area (Å²) in [5.74, 6) is -1.04. The Balaban J connectivity index is 1.46. The molecule has 0 unspecified atom stereocenters. The minimum Gasteiger partial charge on any atom is -0.490 e. The van der Waals surface area contributed by atoms with Crippen molar-refractivity contribution in [2.75, 3.05) is 18.4 Å². The Morgan fingerprint density at radius 3 is 2.71 bits per heavy atom. The predicted molar refractivity (Wildman–Crippen MR) is 114 cm³/mol. The van der Waals surface area contributed by atoms with E-state index in [2.05, 4.69) is 15.3 Å². The van der Waals surface area contributed by atoms with Gasteiger partial charge < -0.3 is 25.7 Å². The van der Waals surface area contributed by atoms with Crippen LogP contribution in [0.15, 0.2) is 55.1 Å². The zero-order chi connectivity index (χ0) is 21.8. The van der Waals surface area contributed by atoms with E-state index in [0.717, 1.165) is 11.9 Å². The highest BCUT2D eigenvalue weighted by atomic mass is 19.1. The van der Waals surface area contributed by atoms with Crippen LogP contribution in [0.2, 0.25) is 0 Å². The van der Waals surface area contributed by atoms with E-state index in [-0.39, 0.29) is 22.6 Å². The minimum atomic E-state index is -0.765. The van der Waals surface area contributed by atoms with Gasteiger partial charge in [0.2, 0.25) is 0 Å². The molecule has 1 saturated heterocycles. The molecule has 160 valence electrons. The van der Waals surface area contributed by atoms with Crippen LogP contribution in [0, 0.1) is 5.82 Å². The highest BCUT2D eigenvalue weighted by Gasteiger charge is 2.30. The number of amides is 1. The second-order valence-corrected chi connectivity index (χ2v) is 7.16.